The molecule has 0 amide bonds. The Morgan fingerprint density at radius 1 is 1.40 bits per heavy atom. The third kappa shape index (κ3) is 3.91. The molecule has 0 aliphatic carbocycles. The van der Waals surface area contributed by atoms with E-state index < -0.39 is 40.0 Å². The lowest BCUT2D eigenvalue weighted by Crippen LogP contribution is -2.31. The van der Waals surface area contributed by atoms with Crippen molar-refractivity contribution in [2.75, 3.05) is 30.3 Å². The van der Waals surface area contributed by atoms with E-state index in [9.17, 15) is 9.59 Å². The van der Waals surface area contributed by atoms with Gasteiger partial charge in [0.25, 0.3) is 0 Å². The van der Waals surface area contributed by atoms with Gasteiger partial charge in [-0.25, -0.2) is 13.6 Å². The maximum Gasteiger partial charge on any atom is 0.511 e. The van der Waals surface area contributed by atoms with Crippen molar-refractivity contribution < 1.29 is 23.4 Å². The van der Waals surface area contributed by atoms with Gasteiger partial charge in [-0.1, -0.05) is 13.8 Å². The van der Waals surface area contributed by atoms with Crippen molar-refractivity contribution >= 4 is 28.4 Å². The second kappa shape index (κ2) is 8.47. The Bertz CT molecular complexity index is 1040. The van der Waals surface area contributed by atoms with E-state index in [2.05, 4.69) is 10.1 Å². The number of carbonyl (C=O) groups is 1. The number of nitrogen functional groups attached to an aromatic ring is 1. The van der Waals surface area contributed by atoms with Crippen molar-refractivity contribution in [3.63, 3.8) is 0 Å². The number of nitrogens with two attached hydrogens (primary N) is 1. The summed E-state index contributed by atoms with van der Waals surface area (Å²) in [5.41, 5.74) is 3.99. The van der Waals surface area contributed by atoms with Crippen LogP contribution in [0.5, 0.6) is 5.75 Å². The number of aryl methyl sites for hydroxylation is 1. The highest BCUT2D eigenvalue weighted by Crippen LogP contribution is 2.37. The van der Waals surface area contributed by atoms with E-state index in [0.717, 1.165) is 19.2 Å². The summed E-state index contributed by atoms with van der Waals surface area (Å²) in [5, 5.41) is 11.7. The second-order valence-electron chi connectivity index (χ2n) is 7.75. The molecule has 2 aromatic rings. The van der Waals surface area contributed by atoms with Crippen LogP contribution < -0.4 is 26.1 Å². The first-order chi connectivity index (χ1) is 14.1. The van der Waals surface area contributed by atoms with Gasteiger partial charge in [0, 0.05) is 25.7 Å². The molecule has 1 aromatic heterocycles. The van der Waals surface area contributed by atoms with E-state index in [1.54, 1.807) is 11.8 Å². The van der Waals surface area contributed by atoms with Gasteiger partial charge in [-0.05, 0) is 25.8 Å². The van der Waals surface area contributed by atoms with E-state index in [1.165, 1.54) is 4.57 Å². The summed E-state index contributed by atoms with van der Waals surface area (Å²) in [6.07, 6.45) is 0.161. The molecular formula is C20H26F2N4O4. The molecule has 1 aliphatic heterocycles. The monoisotopic (exact) mass is 424 g/mol. The predicted octanol–water partition coefficient (Wildman–Crippen LogP) is 2.76. The number of hydrogen-bond acceptors (Lipinski definition) is 6. The number of ether oxygens (including phenoxy) is 1. The maximum atomic E-state index is 15.6. The number of pyridine rings is 1. The Morgan fingerprint density at radius 2 is 2.10 bits per heavy atom. The zero-order chi connectivity index (χ0) is 22.2. The van der Waals surface area contributed by atoms with Gasteiger partial charge in [0.05, 0.1) is 22.8 Å². The van der Waals surface area contributed by atoms with Crippen molar-refractivity contribution in [1.82, 2.24) is 9.88 Å². The van der Waals surface area contributed by atoms with E-state index in [4.69, 9.17) is 10.8 Å². The zero-order valence-corrected chi connectivity index (χ0v) is 17.2. The summed E-state index contributed by atoms with van der Waals surface area (Å²) >= 11 is 0. The van der Waals surface area contributed by atoms with E-state index in [1.807, 2.05) is 13.8 Å². The van der Waals surface area contributed by atoms with E-state index in [-0.39, 0.29) is 23.7 Å². The molecule has 0 radical (unpaired) electrons. The molecule has 2 heterocycles. The number of rotatable bonds is 6. The Balaban J connectivity index is 2.13. The Morgan fingerprint density at radius 3 is 2.70 bits per heavy atom. The first kappa shape index (κ1) is 21.8. The molecule has 1 saturated heterocycles. The topological polar surface area (TPSA) is 110 Å². The molecule has 0 saturated carbocycles. The van der Waals surface area contributed by atoms with Crippen LogP contribution in [0, 0.1) is 17.6 Å². The maximum absolute atomic E-state index is 15.6. The number of halogens is 2. The highest BCUT2D eigenvalue weighted by molar-refractivity contribution is 5.96. The van der Waals surface area contributed by atoms with Crippen LogP contribution >= 0.6 is 0 Å². The van der Waals surface area contributed by atoms with Crippen LogP contribution in [0.25, 0.3) is 10.9 Å². The summed E-state index contributed by atoms with van der Waals surface area (Å²) < 4.78 is 36.5. The Labute approximate surface area is 172 Å². The molecule has 1 unspecified atom stereocenters. The third-order valence-corrected chi connectivity index (χ3v) is 5.33. The van der Waals surface area contributed by atoms with Gasteiger partial charge in [-0.15, -0.1) is 0 Å². The Kier molecular flexibility index (Phi) is 6.16. The molecule has 30 heavy (non-hydrogen) atoms. The fourth-order valence-corrected chi connectivity index (χ4v) is 3.87. The van der Waals surface area contributed by atoms with Crippen molar-refractivity contribution in [2.24, 2.45) is 5.92 Å². The number of nitrogens with zero attached hydrogens (tertiary/aromatic N) is 2. The third-order valence-electron chi connectivity index (χ3n) is 5.33. The smallest absolute Gasteiger partial charge is 0.449 e. The fraction of sp³-hybridized carbons (Fsp3) is 0.500. The van der Waals surface area contributed by atoms with Gasteiger partial charge in [0.1, 0.15) is 5.69 Å². The molecule has 1 fully saturated rings. The lowest BCUT2D eigenvalue weighted by atomic mass is 10.1. The van der Waals surface area contributed by atoms with Gasteiger partial charge in [-0.3, -0.25) is 4.79 Å². The first-order valence-corrected chi connectivity index (χ1v) is 9.88. The van der Waals surface area contributed by atoms with Gasteiger partial charge in [0.15, 0.2) is 17.4 Å². The number of anilines is 2. The number of carboxylic acid groups (broad SMARTS) is 1. The summed E-state index contributed by atoms with van der Waals surface area (Å²) in [4.78, 5) is 25.1. The van der Waals surface area contributed by atoms with Gasteiger partial charge in [0.2, 0.25) is 5.43 Å². The highest BCUT2D eigenvalue weighted by Gasteiger charge is 2.31. The second-order valence-corrected chi connectivity index (χ2v) is 7.75. The predicted molar refractivity (Wildman–Crippen MR) is 110 cm³/mol. The van der Waals surface area contributed by atoms with E-state index >= 15 is 8.78 Å². The average Bonchev–Trinajstić information content (AvgIpc) is 3.14. The van der Waals surface area contributed by atoms with Crippen LogP contribution in [-0.4, -0.2) is 41.5 Å². The van der Waals surface area contributed by atoms with Gasteiger partial charge >= 0.3 is 6.16 Å². The molecule has 4 N–H and O–H groups in total. The highest BCUT2D eigenvalue weighted by atomic mass is 19.1. The van der Waals surface area contributed by atoms with Crippen molar-refractivity contribution in [3.05, 3.63) is 28.1 Å². The van der Waals surface area contributed by atoms with Crippen LogP contribution in [-0.2, 0) is 6.54 Å². The van der Waals surface area contributed by atoms with Crippen LogP contribution in [0.3, 0.4) is 0 Å². The average molecular weight is 424 g/mol. The molecule has 8 nitrogen and oxygen atoms in total. The van der Waals surface area contributed by atoms with Gasteiger partial charge in [-0.2, -0.15) is 0 Å². The molecule has 3 rings (SSSR count). The zero-order valence-electron chi connectivity index (χ0n) is 17.2. The molecular weight excluding hydrogens is 398 g/mol. The lowest BCUT2D eigenvalue weighted by Gasteiger charge is -2.23. The molecule has 1 aromatic carbocycles. The number of fused-ring (bicyclic) bond motifs is 1. The van der Waals surface area contributed by atoms with Crippen LogP contribution in [0.1, 0.15) is 27.2 Å². The lowest BCUT2D eigenvalue weighted by molar-refractivity contribution is 0.144. The Hall–Kier alpha value is -2.88. The molecule has 1 atom stereocenters. The number of nitrogens with one attached hydrogen (secondary N) is 1. The molecule has 164 valence electrons. The van der Waals surface area contributed by atoms with Gasteiger partial charge < -0.3 is 30.4 Å². The van der Waals surface area contributed by atoms with E-state index in [0.29, 0.717) is 19.1 Å². The minimum Gasteiger partial charge on any atom is -0.449 e. The standard InChI is InChI=1S/C20H26F2N4O4/c1-4-25-9-12(30-20(28)29)19(27)13-16(23)14(21)18(15(22)17(13)25)26-6-5-11(8-26)7-24-10(2)3/h9-11,24H,4-8,23H2,1-3H3,(H,28,29). The number of hydrogen-bond donors (Lipinski definition) is 3. The van der Waals surface area contributed by atoms with Crippen LogP contribution in [0.4, 0.5) is 25.0 Å². The summed E-state index contributed by atoms with van der Waals surface area (Å²) in [5.74, 6) is -2.25. The summed E-state index contributed by atoms with van der Waals surface area (Å²) in [6, 6.07) is 0.310. The SMILES string of the molecule is CCn1cc(OC(=O)O)c(=O)c2c(N)c(F)c(N3CCC(CNC(C)C)C3)c(F)c21. The number of benzene rings is 1. The van der Waals surface area contributed by atoms with Crippen LogP contribution in [0.15, 0.2) is 11.0 Å². The fourth-order valence-electron chi connectivity index (χ4n) is 3.87. The quantitative estimate of drug-likeness (QED) is 0.483. The first-order valence-electron chi connectivity index (χ1n) is 9.88. The molecule has 0 spiro atoms. The van der Waals surface area contributed by atoms with Crippen LogP contribution in [0.2, 0.25) is 0 Å². The normalized spacial score (nSPS) is 16.6. The minimum atomic E-state index is -1.71. The minimum absolute atomic E-state index is 0.169. The molecule has 1 aliphatic rings. The van der Waals surface area contributed by atoms with Crippen molar-refractivity contribution in [3.8, 4) is 5.75 Å². The summed E-state index contributed by atoms with van der Waals surface area (Å²) in [6.45, 7) is 7.57. The largest absolute Gasteiger partial charge is 0.511 e. The molecule has 0 bridgehead atoms. The summed E-state index contributed by atoms with van der Waals surface area (Å²) in [7, 11) is 0. The van der Waals surface area contributed by atoms with Crippen molar-refractivity contribution in [2.45, 2.75) is 39.8 Å². The van der Waals surface area contributed by atoms with Crippen molar-refractivity contribution in [1.29, 1.82) is 0 Å². The number of aromatic nitrogens is 1. The molecule has 10 heteroatoms.